The van der Waals surface area contributed by atoms with Crippen LogP contribution in [0.3, 0.4) is 0 Å². The Kier molecular flexibility index (Phi) is 2.23. The molecule has 1 saturated heterocycles. The minimum atomic E-state index is -0.256. The molecule has 2 saturated carbocycles. The van der Waals surface area contributed by atoms with Gasteiger partial charge in [0.1, 0.15) is 0 Å². The molecular formula is C12H19NO2. The fraction of sp³-hybridized carbons (Fsp3) is 0.917. The first kappa shape index (κ1) is 9.64. The zero-order chi connectivity index (χ0) is 10.4. The van der Waals surface area contributed by atoms with Gasteiger partial charge in [0.05, 0.1) is 6.10 Å². The zero-order valence-corrected chi connectivity index (χ0v) is 9.06. The summed E-state index contributed by atoms with van der Waals surface area (Å²) >= 11 is 0. The summed E-state index contributed by atoms with van der Waals surface area (Å²) in [7, 11) is 0. The van der Waals surface area contributed by atoms with Crippen molar-refractivity contribution in [2.75, 3.05) is 13.1 Å². The molecule has 1 aliphatic heterocycles. The maximum absolute atomic E-state index is 11.8. The molecule has 3 heteroatoms. The Morgan fingerprint density at radius 2 is 2.07 bits per heavy atom. The minimum Gasteiger partial charge on any atom is -0.389 e. The topological polar surface area (TPSA) is 40.5 Å². The number of amides is 1. The van der Waals surface area contributed by atoms with Crippen molar-refractivity contribution in [2.45, 2.75) is 38.2 Å². The Hall–Kier alpha value is -0.570. The molecule has 15 heavy (non-hydrogen) atoms. The molecule has 3 atom stereocenters. The van der Waals surface area contributed by atoms with Crippen molar-refractivity contribution < 1.29 is 9.90 Å². The molecule has 0 spiro atoms. The van der Waals surface area contributed by atoms with Crippen LogP contribution in [0.25, 0.3) is 0 Å². The second-order valence-corrected chi connectivity index (χ2v) is 5.59. The number of rotatable bonds is 2. The number of hydrogen-bond donors (Lipinski definition) is 1. The van der Waals surface area contributed by atoms with Crippen LogP contribution in [-0.4, -0.2) is 35.1 Å². The lowest BCUT2D eigenvalue weighted by Crippen LogP contribution is -2.53. The highest BCUT2D eigenvalue weighted by atomic mass is 16.3. The van der Waals surface area contributed by atoms with Crippen molar-refractivity contribution in [3.8, 4) is 0 Å². The summed E-state index contributed by atoms with van der Waals surface area (Å²) in [5.74, 6) is 2.70. The van der Waals surface area contributed by atoms with Gasteiger partial charge in [0, 0.05) is 19.5 Å². The number of nitrogens with zero attached hydrogens (tertiary/aromatic N) is 1. The average Bonchev–Trinajstić information content (AvgIpc) is 2.73. The van der Waals surface area contributed by atoms with Gasteiger partial charge in [0.2, 0.25) is 5.91 Å². The Labute approximate surface area is 90.5 Å². The van der Waals surface area contributed by atoms with Crippen molar-refractivity contribution in [1.29, 1.82) is 0 Å². The van der Waals surface area contributed by atoms with Crippen molar-refractivity contribution in [2.24, 2.45) is 17.8 Å². The fourth-order valence-corrected chi connectivity index (χ4v) is 3.64. The second-order valence-electron chi connectivity index (χ2n) is 5.59. The first-order valence-electron chi connectivity index (χ1n) is 6.18. The summed E-state index contributed by atoms with van der Waals surface area (Å²) in [6.07, 6.45) is 5.90. The quantitative estimate of drug-likeness (QED) is 0.737. The van der Waals surface area contributed by atoms with Crippen LogP contribution < -0.4 is 0 Å². The summed E-state index contributed by atoms with van der Waals surface area (Å²) in [5.41, 5.74) is 0. The molecular weight excluding hydrogens is 190 g/mol. The van der Waals surface area contributed by atoms with Crippen LogP contribution in [0.1, 0.15) is 32.1 Å². The number of hydrogen-bond acceptors (Lipinski definition) is 2. The largest absolute Gasteiger partial charge is 0.389 e. The van der Waals surface area contributed by atoms with Crippen LogP contribution in [0.2, 0.25) is 0 Å². The molecule has 84 valence electrons. The molecule has 1 amide bonds. The van der Waals surface area contributed by atoms with Crippen molar-refractivity contribution in [3.63, 3.8) is 0 Å². The molecule has 3 aliphatic rings. The number of carbonyl (C=O) groups excluding carboxylic acids is 1. The highest BCUT2D eigenvalue weighted by Gasteiger charge is 2.41. The summed E-state index contributed by atoms with van der Waals surface area (Å²) in [4.78, 5) is 13.6. The van der Waals surface area contributed by atoms with Gasteiger partial charge >= 0.3 is 0 Å². The highest BCUT2D eigenvalue weighted by Crippen LogP contribution is 2.49. The van der Waals surface area contributed by atoms with E-state index >= 15 is 0 Å². The van der Waals surface area contributed by atoms with E-state index in [2.05, 4.69) is 0 Å². The zero-order valence-electron chi connectivity index (χ0n) is 9.06. The van der Waals surface area contributed by atoms with Crippen LogP contribution in [0, 0.1) is 17.8 Å². The minimum absolute atomic E-state index is 0.256. The third-order valence-corrected chi connectivity index (χ3v) is 4.54. The Morgan fingerprint density at radius 1 is 1.27 bits per heavy atom. The van der Waals surface area contributed by atoms with Crippen LogP contribution in [0.5, 0.6) is 0 Å². The van der Waals surface area contributed by atoms with Gasteiger partial charge in [0.25, 0.3) is 0 Å². The third kappa shape index (κ3) is 1.67. The van der Waals surface area contributed by atoms with Gasteiger partial charge in [-0.15, -0.1) is 0 Å². The third-order valence-electron chi connectivity index (χ3n) is 4.54. The lowest BCUT2D eigenvalue weighted by molar-refractivity contribution is -0.142. The van der Waals surface area contributed by atoms with Gasteiger partial charge in [-0.2, -0.15) is 0 Å². The summed E-state index contributed by atoms with van der Waals surface area (Å²) in [6, 6.07) is 0. The lowest BCUT2D eigenvalue weighted by Gasteiger charge is -2.37. The monoisotopic (exact) mass is 209 g/mol. The van der Waals surface area contributed by atoms with E-state index in [1.54, 1.807) is 4.90 Å². The molecule has 3 unspecified atom stereocenters. The number of likely N-dealkylation sites (tertiary alicyclic amines) is 1. The summed E-state index contributed by atoms with van der Waals surface area (Å²) < 4.78 is 0. The van der Waals surface area contributed by atoms with E-state index in [0.29, 0.717) is 19.0 Å². The Balaban J connectivity index is 1.51. The fourth-order valence-electron chi connectivity index (χ4n) is 3.64. The first-order chi connectivity index (χ1) is 7.22. The van der Waals surface area contributed by atoms with E-state index < -0.39 is 0 Å². The van der Waals surface area contributed by atoms with Crippen molar-refractivity contribution >= 4 is 5.91 Å². The van der Waals surface area contributed by atoms with Gasteiger partial charge in [-0.3, -0.25) is 4.79 Å². The Morgan fingerprint density at radius 3 is 2.60 bits per heavy atom. The highest BCUT2D eigenvalue weighted by molar-refractivity contribution is 5.77. The van der Waals surface area contributed by atoms with Crippen molar-refractivity contribution in [3.05, 3.63) is 0 Å². The first-order valence-corrected chi connectivity index (χ1v) is 6.18. The molecule has 0 aromatic heterocycles. The van der Waals surface area contributed by atoms with Gasteiger partial charge in [-0.25, -0.2) is 0 Å². The second kappa shape index (κ2) is 3.48. The van der Waals surface area contributed by atoms with Crippen LogP contribution in [-0.2, 0) is 4.79 Å². The predicted molar refractivity (Wildman–Crippen MR) is 56.1 cm³/mol. The van der Waals surface area contributed by atoms with Gasteiger partial charge < -0.3 is 10.0 Å². The lowest BCUT2D eigenvalue weighted by atomic mass is 9.86. The molecule has 0 aromatic carbocycles. The maximum atomic E-state index is 11.8. The normalized spacial score (nSPS) is 39.5. The summed E-state index contributed by atoms with van der Waals surface area (Å²) in [6.45, 7) is 1.14. The predicted octanol–water partition coefficient (Wildman–Crippen LogP) is 1.02. The molecule has 0 aromatic rings. The van der Waals surface area contributed by atoms with Crippen LogP contribution in [0.15, 0.2) is 0 Å². The van der Waals surface area contributed by atoms with E-state index in [0.717, 1.165) is 18.3 Å². The molecule has 1 N–H and O–H groups in total. The molecule has 3 rings (SSSR count). The Bertz CT molecular complexity index is 273. The van der Waals surface area contributed by atoms with E-state index in [1.807, 2.05) is 0 Å². The SMILES string of the molecule is O=C(CC1CC2CCC1C2)N1CC(O)C1. The number of fused-ring (bicyclic) bond motifs is 2. The van der Waals surface area contributed by atoms with Gasteiger partial charge in [-0.05, 0) is 37.0 Å². The van der Waals surface area contributed by atoms with E-state index in [1.165, 1.54) is 25.7 Å². The number of aliphatic hydroxyl groups is 1. The standard InChI is InChI=1S/C12H19NO2/c14-11-6-13(7-11)12(15)5-10-4-8-1-2-9(10)3-8/h8-11,14H,1-7H2. The number of carbonyl (C=O) groups is 1. The number of β-amino-alcohol motifs (C(OH)–C–C–N with tert-alkyl or cyclic N) is 1. The van der Waals surface area contributed by atoms with Gasteiger partial charge in [0.15, 0.2) is 0 Å². The van der Waals surface area contributed by atoms with Crippen LogP contribution >= 0.6 is 0 Å². The van der Waals surface area contributed by atoms with Crippen LogP contribution in [0.4, 0.5) is 0 Å². The van der Waals surface area contributed by atoms with E-state index in [9.17, 15) is 4.79 Å². The molecule has 1 heterocycles. The molecule has 3 nitrogen and oxygen atoms in total. The van der Waals surface area contributed by atoms with E-state index in [4.69, 9.17) is 5.11 Å². The molecule has 2 bridgehead atoms. The van der Waals surface area contributed by atoms with E-state index in [-0.39, 0.29) is 12.0 Å². The molecule has 3 fully saturated rings. The average molecular weight is 209 g/mol. The van der Waals surface area contributed by atoms with Crippen molar-refractivity contribution in [1.82, 2.24) is 4.90 Å². The van der Waals surface area contributed by atoms with Gasteiger partial charge in [-0.1, -0.05) is 6.42 Å². The maximum Gasteiger partial charge on any atom is 0.223 e. The molecule has 0 radical (unpaired) electrons. The molecule has 2 aliphatic carbocycles. The smallest absolute Gasteiger partial charge is 0.223 e. The number of aliphatic hydroxyl groups excluding tert-OH is 1. The summed E-state index contributed by atoms with van der Waals surface area (Å²) in [5, 5.41) is 9.14.